The first-order valence-electron chi connectivity index (χ1n) is 9.77. The highest BCUT2D eigenvalue weighted by atomic mass is 35.5. The fraction of sp³-hybridized carbons (Fsp3) is 0.273. The smallest absolute Gasteiger partial charge is 0.256 e. The number of anilines is 2. The van der Waals surface area contributed by atoms with Crippen LogP contribution in [0.2, 0.25) is 5.02 Å². The molecule has 30 heavy (non-hydrogen) atoms. The van der Waals surface area contributed by atoms with Crippen LogP contribution in [0.3, 0.4) is 0 Å². The average molecular weight is 444 g/mol. The van der Waals surface area contributed by atoms with Gasteiger partial charge in [0.25, 0.3) is 5.91 Å². The number of benzene rings is 2. The third kappa shape index (κ3) is 3.87. The molecule has 1 fully saturated rings. The molecule has 0 saturated carbocycles. The van der Waals surface area contributed by atoms with Gasteiger partial charge in [-0.05, 0) is 42.7 Å². The summed E-state index contributed by atoms with van der Waals surface area (Å²) < 4.78 is 25.9. The Morgan fingerprint density at radius 2 is 1.93 bits per heavy atom. The standard InChI is InChI=1S/C22H22ClN3O3S/c1-14(2)20-13-17(16-6-3-4-7-19(16)24-20)22(27)25-21-12-15(8-9-18(21)23)26-10-5-11-30(26,28)29/h3-4,6-9,12-14H,5,10-11H2,1-2H3,(H,25,27). The predicted octanol–water partition coefficient (Wildman–Crippen LogP) is 4.80. The molecular weight excluding hydrogens is 422 g/mol. The molecule has 1 saturated heterocycles. The summed E-state index contributed by atoms with van der Waals surface area (Å²) in [6, 6.07) is 14.1. The van der Waals surface area contributed by atoms with Crippen LogP contribution >= 0.6 is 11.6 Å². The van der Waals surface area contributed by atoms with Gasteiger partial charge < -0.3 is 5.32 Å². The van der Waals surface area contributed by atoms with Crippen molar-refractivity contribution in [1.29, 1.82) is 0 Å². The number of fused-ring (bicyclic) bond motifs is 1. The van der Waals surface area contributed by atoms with E-state index in [4.69, 9.17) is 11.6 Å². The molecule has 0 spiro atoms. The third-order valence-corrected chi connectivity index (χ3v) is 7.36. The van der Waals surface area contributed by atoms with E-state index in [9.17, 15) is 13.2 Å². The number of sulfonamides is 1. The summed E-state index contributed by atoms with van der Waals surface area (Å²) >= 11 is 6.31. The second-order valence-electron chi connectivity index (χ2n) is 7.63. The number of nitrogens with zero attached hydrogens (tertiary/aromatic N) is 2. The highest BCUT2D eigenvalue weighted by molar-refractivity contribution is 7.93. The maximum Gasteiger partial charge on any atom is 0.256 e. The Morgan fingerprint density at radius 3 is 2.63 bits per heavy atom. The molecular formula is C22H22ClN3O3S. The van der Waals surface area contributed by atoms with Gasteiger partial charge in [-0.15, -0.1) is 0 Å². The minimum Gasteiger partial charge on any atom is -0.321 e. The molecule has 8 heteroatoms. The topological polar surface area (TPSA) is 79.4 Å². The van der Waals surface area contributed by atoms with Crippen LogP contribution in [0.1, 0.15) is 42.2 Å². The van der Waals surface area contributed by atoms with E-state index in [0.29, 0.717) is 34.9 Å². The molecule has 2 aromatic carbocycles. The first-order valence-corrected chi connectivity index (χ1v) is 11.8. The van der Waals surface area contributed by atoms with Gasteiger partial charge in [0.1, 0.15) is 0 Å². The van der Waals surface area contributed by atoms with E-state index in [1.807, 2.05) is 38.1 Å². The van der Waals surface area contributed by atoms with Gasteiger partial charge in [-0.25, -0.2) is 8.42 Å². The molecule has 1 aromatic heterocycles. The summed E-state index contributed by atoms with van der Waals surface area (Å²) in [4.78, 5) is 17.8. The van der Waals surface area contributed by atoms with Crippen LogP contribution in [0.25, 0.3) is 10.9 Å². The van der Waals surface area contributed by atoms with Crippen LogP contribution in [0, 0.1) is 0 Å². The molecule has 6 nitrogen and oxygen atoms in total. The van der Waals surface area contributed by atoms with Crippen molar-refractivity contribution in [2.75, 3.05) is 21.9 Å². The molecule has 3 aromatic rings. The number of pyridine rings is 1. The van der Waals surface area contributed by atoms with Gasteiger partial charge in [-0.3, -0.25) is 14.1 Å². The van der Waals surface area contributed by atoms with Gasteiger partial charge >= 0.3 is 0 Å². The molecule has 4 rings (SSSR count). The van der Waals surface area contributed by atoms with Crippen molar-refractivity contribution in [3.8, 4) is 0 Å². The van der Waals surface area contributed by atoms with Crippen molar-refractivity contribution >= 4 is 49.8 Å². The quantitative estimate of drug-likeness (QED) is 0.627. The molecule has 0 atom stereocenters. The third-order valence-electron chi connectivity index (χ3n) is 5.16. The molecule has 0 aliphatic carbocycles. The number of carbonyl (C=O) groups excluding carboxylic acids is 1. The van der Waals surface area contributed by atoms with E-state index < -0.39 is 10.0 Å². The number of hydrogen-bond donors (Lipinski definition) is 1. The molecule has 1 N–H and O–H groups in total. The normalized spacial score (nSPS) is 15.7. The Balaban J connectivity index is 1.72. The zero-order chi connectivity index (χ0) is 21.5. The van der Waals surface area contributed by atoms with Crippen molar-refractivity contribution in [1.82, 2.24) is 4.98 Å². The van der Waals surface area contributed by atoms with Crippen LogP contribution in [0.4, 0.5) is 11.4 Å². The minimum absolute atomic E-state index is 0.123. The Labute approximate surface area is 180 Å². The van der Waals surface area contributed by atoms with E-state index in [2.05, 4.69) is 10.3 Å². The second-order valence-corrected chi connectivity index (χ2v) is 10.0. The zero-order valence-corrected chi connectivity index (χ0v) is 18.3. The van der Waals surface area contributed by atoms with Crippen LogP contribution < -0.4 is 9.62 Å². The maximum absolute atomic E-state index is 13.2. The van der Waals surface area contributed by atoms with Gasteiger partial charge in [0.15, 0.2) is 0 Å². The maximum atomic E-state index is 13.2. The summed E-state index contributed by atoms with van der Waals surface area (Å²) in [5, 5.41) is 3.94. The van der Waals surface area contributed by atoms with Crippen molar-refractivity contribution < 1.29 is 13.2 Å². The zero-order valence-electron chi connectivity index (χ0n) is 16.7. The summed E-state index contributed by atoms with van der Waals surface area (Å²) in [7, 11) is -3.33. The van der Waals surface area contributed by atoms with Crippen molar-refractivity contribution in [2.45, 2.75) is 26.2 Å². The van der Waals surface area contributed by atoms with Crippen LogP contribution in [-0.2, 0) is 10.0 Å². The molecule has 0 radical (unpaired) electrons. The molecule has 156 valence electrons. The first kappa shape index (κ1) is 20.6. The van der Waals surface area contributed by atoms with E-state index in [1.54, 1.807) is 24.3 Å². The van der Waals surface area contributed by atoms with Crippen molar-refractivity contribution in [3.63, 3.8) is 0 Å². The minimum atomic E-state index is -3.33. The van der Waals surface area contributed by atoms with Crippen LogP contribution in [0.5, 0.6) is 0 Å². The summed E-state index contributed by atoms with van der Waals surface area (Å²) in [5.41, 5.74) is 2.93. The number of nitrogens with one attached hydrogen (secondary N) is 1. The van der Waals surface area contributed by atoms with Crippen LogP contribution in [0.15, 0.2) is 48.5 Å². The fourth-order valence-corrected chi connectivity index (χ4v) is 5.28. The number of hydrogen-bond acceptors (Lipinski definition) is 4. The number of rotatable bonds is 4. The Hall–Kier alpha value is -2.64. The number of halogens is 1. The lowest BCUT2D eigenvalue weighted by Gasteiger charge is -2.19. The highest BCUT2D eigenvalue weighted by Crippen LogP contribution is 2.32. The van der Waals surface area contributed by atoms with E-state index in [1.165, 1.54) is 4.31 Å². The van der Waals surface area contributed by atoms with Gasteiger partial charge in [0.2, 0.25) is 10.0 Å². The highest BCUT2D eigenvalue weighted by Gasteiger charge is 2.29. The Morgan fingerprint density at radius 1 is 1.17 bits per heavy atom. The molecule has 2 heterocycles. The summed E-state index contributed by atoms with van der Waals surface area (Å²) in [6.45, 7) is 4.47. The predicted molar refractivity (Wildman–Crippen MR) is 121 cm³/mol. The lowest BCUT2D eigenvalue weighted by atomic mass is 10.0. The number of para-hydroxylation sites is 1. The average Bonchev–Trinajstić information content (AvgIpc) is 3.07. The number of amides is 1. The molecule has 1 aliphatic rings. The summed E-state index contributed by atoms with van der Waals surface area (Å²) in [6.07, 6.45) is 0.577. The van der Waals surface area contributed by atoms with E-state index >= 15 is 0 Å². The van der Waals surface area contributed by atoms with Crippen molar-refractivity contribution in [3.05, 3.63) is 64.8 Å². The molecule has 1 aliphatic heterocycles. The number of aromatic nitrogens is 1. The number of carbonyl (C=O) groups is 1. The Bertz CT molecular complexity index is 1240. The monoisotopic (exact) mass is 443 g/mol. The van der Waals surface area contributed by atoms with Gasteiger partial charge in [0.05, 0.1) is 33.2 Å². The largest absolute Gasteiger partial charge is 0.321 e. The molecule has 1 amide bonds. The first-order chi connectivity index (χ1) is 14.3. The molecule has 0 unspecified atom stereocenters. The van der Waals surface area contributed by atoms with E-state index in [-0.39, 0.29) is 17.6 Å². The molecule has 0 bridgehead atoms. The van der Waals surface area contributed by atoms with Gasteiger partial charge in [-0.2, -0.15) is 0 Å². The second kappa shape index (κ2) is 7.89. The SMILES string of the molecule is CC(C)c1cc(C(=O)Nc2cc(N3CCCS3(=O)=O)ccc2Cl)c2ccccc2n1. The Kier molecular flexibility index (Phi) is 5.42. The summed E-state index contributed by atoms with van der Waals surface area (Å²) in [5.74, 6) is -0.0366. The lowest BCUT2D eigenvalue weighted by Crippen LogP contribution is -2.25. The fourth-order valence-electron chi connectivity index (χ4n) is 3.56. The lowest BCUT2D eigenvalue weighted by molar-refractivity contribution is 0.102. The van der Waals surface area contributed by atoms with Gasteiger partial charge in [-0.1, -0.05) is 43.6 Å². The van der Waals surface area contributed by atoms with Crippen LogP contribution in [-0.4, -0.2) is 31.6 Å². The van der Waals surface area contributed by atoms with E-state index in [0.717, 1.165) is 16.6 Å². The van der Waals surface area contributed by atoms with Gasteiger partial charge in [0, 0.05) is 17.6 Å². The van der Waals surface area contributed by atoms with Crippen molar-refractivity contribution in [2.24, 2.45) is 0 Å².